The maximum absolute atomic E-state index is 12.9. The number of nitrogens with two attached hydrogens (primary N) is 1. The van der Waals surface area contributed by atoms with Crippen LogP contribution in [0.25, 0.3) is 0 Å². The van der Waals surface area contributed by atoms with E-state index in [1.807, 2.05) is 0 Å². The molecule has 3 heteroatoms. The van der Waals surface area contributed by atoms with E-state index in [4.69, 9.17) is 5.73 Å². The van der Waals surface area contributed by atoms with Gasteiger partial charge in [-0.15, -0.1) is 0 Å². The summed E-state index contributed by atoms with van der Waals surface area (Å²) in [6.07, 6.45) is 2.97. The van der Waals surface area contributed by atoms with Crippen molar-refractivity contribution in [3.05, 3.63) is 42.0 Å². The Balaban J connectivity index is 3.02. The smallest absolute Gasteiger partial charge is 0.125 e. The molecule has 0 atom stereocenters. The number of hydrogen-bond acceptors (Lipinski definition) is 2. The molecule has 0 heterocycles. The van der Waals surface area contributed by atoms with Crippen LogP contribution in [0.2, 0.25) is 0 Å². The summed E-state index contributed by atoms with van der Waals surface area (Å²) in [6, 6.07) is 4.72. The van der Waals surface area contributed by atoms with Gasteiger partial charge in [0.05, 0.1) is 0 Å². The minimum absolute atomic E-state index is 0.248. The first-order chi connectivity index (χ1) is 6.65. The van der Waals surface area contributed by atoms with Crippen molar-refractivity contribution >= 4 is 5.69 Å². The van der Waals surface area contributed by atoms with Crippen LogP contribution in [0.15, 0.2) is 30.6 Å². The molecule has 0 unspecified atom stereocenters. The molecule has 1 aromatic rings. The van der Waals surface area contributed by atoms with Gasteiger partial charge in [-0.3, -0.25) is 0 Å². The topological polar surface area (TPSA) is 38.0 Å². The molecule has 0 saturated heterocycles. The highest BCUT2D eigenvalue weighted by atomic mass is 19.1. The van der Waals surface area contributed by atoms with Crippen LogP contribution in [0.5, 0.6) is 0 Å². The third kappa shape index (κ3) is 2.49. The summed E-state index contributed by atoms with van der Waals surface area (Å²) < 4.78 is 12.9. The highest BCUT2D eigenvalue weighted by molar-refractivity contribution is 5.54. The summed E-state index contributed by atoms with van der Waals surface area (Å²) in [4.78, 5) is 0. The minimum atomic E-state index is -0.248. The first-order valence-corrected chi connectivity index (χ1v) is 4.58. The Bertz CT molecular complexity index is 332. The number of halogens is 1. The van der Waals surface area contributed by atoms with Crippen molar-refractivity contribution in [2.45, 2.75) is 19.8 Å². The summed E-state index contributed by atoms with van der Waals surface area (Å²) in [7, 11) is 0. The quantitative estimate of drug-likeness (QED) is 0.776. The average molecular weight is 194 g/mol. The maximum Gasteiger partial charge on any atom is 0.125 e. The molecule has 0 saturated carbocycles. The van der Waals surface area contributed by atoms with Crippen molar-refractivity contribution in [1.29, 1.82) is 0 Å². The number of rotatable bonds is 3. The lowest BCUT2D eigenvalue weighted by atomic mass is 10.0. The van der Waals surface area contributed by atoms with E-state index < -0.39 is 0 Å². The van der Waals surface area contributed by atoms with Gasteiger partial charge in [0.15, 0.2) is 0 Å². The van der Waals surface area contributed by atoms with Crippen molar-refractivity contribution in [1.82, 2.24) is 0 Å². The molecule has 0 aliphatic heterocycles. The Morgan fingerprint density at radius 2 is 2.14 bits per heavy atom. The molecule has 3 N–H and O–H groups in total. The van der Waals surface area contributed by atoms with Gasteiger partial charge in [-0.1, -0.05) is 19.9 Å². The van der Waals surface area contributed by atoms with Crippen LogP contribution >= 0.6 is 0 Å². The predicted octanol–water partition coefficient (Wildman–Crippen LogP) is 2.79. The number of anilines is 1. The second-order valence-electron chi connectivity index (χ2n) is 3.39. The average Bonchev–Trinajstić information content (AvgIpc) is 2.14. The molecule has 2 nitrogen and oxygen atoms in total. The molecule has 0 radical (unpaired) electrons. The van der Waals surface area contributed by atoms with Crippen LogP contribution in [0.4, 0.5) is 10.1 Å². The van der Waals surface area contributed by atoms with E-state index in [-0.39, 0.29) is 5.82 Å². The molecular formula is C11H15FN2. The van der Waals surface area contributed by atoms with Gasteiger partial charge in [0, 0.05) is 18.1 Å². The summed E-state index contributed by atoms with van der Waals surface area (Å²) >= 11 is 0. The summed E-state index contributed by atoms with van der Waals surface area (Å²) in [5.74, 6) is 0.103. The molecule has 76 valence electrons. The third-order valence-electron chi connectivity index (χ3n) is 1.97. The standard InChI is InChI=1S/C11H15FN2/c1-8(2)10-4-3-9(12)7-11(10)14-6-5-13/h3-8,14H,13H2,1-2H3/b6-5-. The van der Waals surface area contributed by atoms with Crippen molar-refractivity contribution in [3.63, 3.8) is 0 Å². The number of nitrogens with one attached hydrogen (secondary N) is 1. The first-order valence-electron chi connectivity index (χ1n) is 4.58. The van der Waals surface area contributed by atoms with Crippen LogP contribution in [-0.2, 0) is 0 Å². The lowest BCUT2D eigenvalue weighted by Gasteiger charge is -2.12. The molecule has 0 aliphatic rings. The fraction of sp³-hybridized carbons (Fsp3) is 0.273. The second-order valence-corrected chi connectivity index (χ2v) is 3.39. The Labute approximate surface area is 83.6 Å². The minimum Gasteiger partial charge on any atom is -0.403 e. The van der Waals surface area contributed by atoms with Crippen LogP contribution in [-0.4, -0.2) is 0 Å². The van der Waals surface area contributed by atoms with Gasteiger partial charge < -0.3 is 11.1 Å². The van der Waals surface area contributed by atoms with Crippen molar-refractivity contribution in [3.8, 4) is 0 Å². The summed E-state index contributed by atoms with van der Waals surface area (Å²) in [5, 5.41) is 2.94. The fourth-order valence-electron chi connectivity index (χ4n) is 1.29. The molecule has 1 rings (SSSR count). The SMILES string of the molecule is CC(C)c1ccc(F)cc1N/C=C\N. The fourth-order valence-corrected chi connectivity index (χ4v) is 1.29. The van der Waals surface area contributed by atoms with Crippen LogP contribution in [0.1, 0.15) is 25.3 Å². The summed E-state index contributed by atoms with van der Waals surface area (Å²) in [5.41, 5.74) is 7.04. The second kappa shape index (κ2) is 4.65. The van der Waals surface area contributed by atoms with Gasteiger partial charge in [0.1, 0.15) is 5.82 Å². The number of benzene rings is 1. The first kappa shape index (κ1) is 10.6. The van der Waals surface area contributed by atoms with Crippen molar-refractivity contribution in [2.24, 2.45) is 5.73 Å². The lowest BCUT2D eigenvalue weighted by Crippen LogP contribution is -1.98. The van der Waals surface area contributed by atoms with Crippen molar-refractivity contribution < 1.29 is 4.39 Å². The van der Waals surface area contributed by atoms with E-state index in [1.165, 1.54) is 18.3 Å². The largest absolute Gasteiger partial charge is 0.403 e. The van der Waals surface area contributed by atoms with Gasteiger partial charge >= 0.3 is 0 Å². The molecule has 0 amide bonds. The third-order valence-corrected chi connectivity index (χ3v) is 1.97. The van der Waals surface area contributed by atoms with Gasteiger partial charge in [-0.05, 0) is 23.6 Å². The van der Waals surface area contributed by atoms with Gasteiger partial charge in [-0.2, -0.15) is 0 Å². The van der Waals surface area contributed by atoms with E-state index >= 15 is 0 Å². The van der Waals surface area contributed by atoms with Gasteiger partial charge in [-0.25, -0.2) is 4.39 Å². The van der Waals surface area contributed by atoms with E-state index in [1.54, 1.807) is 12.3 Å². The molecular weight excluding hydrogens is 179 g/mol. The Morgan fingerprint density at radius 3 is 2.71 bits per heavy atom. The van der Waals surface area contributed by atoms with Crippen molar-refractivity contribution in [2.75, 3.05) is 5.32 Å². The highest BCUT2D eigenvalue weighted by Gasteiger charge is 2.06. The van der Waals surface area contributed by atoms with Crippen LogP contribution in [0, 0.1) is 5.82 Å². The molecule has 0 bridgehead atoms. The number of hydrogen-bond donors (Lipinski definition) is 2. The highest BCUT2D eigenvalue weighted by Crippen LogP contribution is 2.24. The zero-order chi connectivity index (χ0) is 10.6. The van der Waals surface area contributed by atoms with Gasteiger partial charge in [0.2, 0.25) is 0 Å². The molecule has 0 aromatic heterocycles. The zero-order valence-electron chi connectivity index (χ0n) is 8.42. The molecule has 14 heavy (non-hydrogen) atoms. The van der Waals surface area contributed by atoms with E-state index in [0.717, 1.165) is 11.3 Å². The van der Waals surface area contributed by atoms with Crippen LogP contribution in [0.3, 0.4) is 0 Å². The molecule has 0 fully saturated rings. The summed E-state index contributed by atoms with van der Waals surface area (Å²) in [6.45, 7) is 4.12. The molecule has 1 aromatic carbocycles. The monoisotopic (exact) mass is 194 g/mol. The normalized spacial score (nSPS) is 11.1. The molecule has 0 aliphatic carbocycles. The Hall–Kier alpha value is -1.51. The Kier molecular flexibility index (Phi) is 3.51. The lowest BCUT2D eigenvalue weighted by molar-refractivity contribution is 0.627. The zero-order valence-corrected chi connectivity index (χ0v) is 8.42. The Morgan fingerprint density at radius 1 is 1.43 bits per heavy atom. The van der Waals surface area contributed by atoms with E-state index in [9.17, 15) is 4.39 Å². The molecule has 0 spiro atoms. The van der Waals surface area contributed by atoms with E-state index in [2.05, 4.69) is 19.2 Å². The maximum atomic E-state index is 12.9. The van der Waals surface area contributed by atoms with Gasteiger partial charge in [0.25, 0.3) is 0 Å². The van der Waals surface area contributed by atoms with Crippen LogP contribution < -0.4 is 11.1 Å². The van der Waals surface area contributed by atoms with E-state index in [0.29, 0.717) is 5.92 Å². The predicted molar refractivity (Wildman–Crippen MR) is 57.4 cm³/mol.